The molecule has 4 aromatic rings. The van der Waals surface area contributed by atoms with Crippen LogP contribution in [0, 0.1) is 24.7 Å². The third-order valence-corrected chi connectivity index (χ3v) is 14.7. The number of rotatable bonds is 23. The van der Waals surface area contributed by atoms with Crippen molar-refractivity contribution >= 4 is 27.3 Å². The molecule has 1 fully saturated rings. The number of unbranched alkanes of at least 4 members (excludes halogenated alkanes) is 2. The first-order valence-corrected chi connectivity index (χ1v) is 24.7. The van der Waals surface area contributed by atoms with E-state index in [9.17, 15) is 15.0 Å². The Bertz CT molecular complexity index is 2450. The van der Waals surface area contributed by atoms with Gasteiger partial charge in [0.2, 0.25) is 21.7 Å². The second-order valence-electron chi connectivity index (χ2n) is 17.4. The van der Waals surface area contributed by atoms with Gasteiger partial charge in [-0.1, -0.05) is 73.5 Å². The van der Waals surface area contributed by atoms with E-state index in [-0.39, 0.29) is 74.6 Å². The van der Waals surface area contributed by atoms with Gasteiger partial charge in [-0.15, -0.1) is 6.58 Å². The number of carbonyl (C=O) groups is 1. The van der Waals surface area contributed by atoms with E-state index in [1.165, 1.54) is 23.4 Å². The molecule has 1 aliphatic heterocycles. The van der Waals surface area contributed by atoms with Crippen LogP contribution >= 0.6 is 0 Å². The van der Waals surface area contributed by atoms with Crippen molar-refractivity contribution in [3.63, 3.8) is 0 Å². The van der Waals surface area contributed by atoms with Crippen molar-refractivity contribution in [2.75, 3.05) is 31.7 Å². The molecular weight excluding hydrogens is 857 g/mol. The number of amides is 1. The Labute approximate surface area is 389 Å². The van der Waals surface area contributed by atoms with Gasteiger partial charge in [0.05, 0.1) is 34.9 Å². The van der Waals surface area contributed by atoms with Crippen LogP contribution in [-0.2, 0) is 37.6 Å². The average molecular weight is 921 g/mol. The minimum atomic E-state index is -4.27. The predicted molar refractivity (Wildman–Crippen MR) is 254 cm³/mol. The van der Waals surface area contributed by atoms with Gasteiger partial charge in [0, 0.05) is 56.0 Å². The number of aryl methyl sites for hydroxylation is 1. The minimum Gasteiger partial charge on any atom is -0.487 e. The molecule has 3 aromatic carbocycles. The van der Waals surface area contributed by atoms with Gasteiger partial charge in [0.1, 0.15) is 24.7 Å². The van der Waals surface area contributed by atoms with Crippen LogP contribution in [-0.4, -0.2) is 77.7 Å². The lowest BCUT2D eigenvalue weighted by molar-refractivity contribution is -0.251. The van der Waals surface area contributed by atoms with Crippen molar-refractivity contribution < 1.29 is 42.5 Å². The highest BCUT2D eigenvalue weighted by Crippen LogP contribution is 2.62. The van der Waals surface area contributed by atoms with E-state index in [1.807, 2.05) is 80.6 Å². The predicted octanol–water partition coefficient (Wildman–Crippen LogP) is 8.86. The van der Waals surface area contributed by atoms with Gasteiger partial charge in [-0.25, -0.2) is 8.42 Å². The number of ether oxygens (including phenoxy) is 3. The molecule has 2 aliphatic carbocycles. The summed E-state index contributed by atoms with van der Waals surface area (Å²) in [5, 5.41) is 27.6. The number of benzene rings is 3. The van der Waals surface area contributed by atoms with Gasteiger partial charge in [-0.3, -0.25) is 9.78 Å². The van der Waals surface area contributed by atoms with Crippen LogP contribution in [0.15, 0.2) is 125 Å². The first-order chi connectivity index (χ1) is 32.0. The third kappa shape index (κ3) is 10.9. The number of aliphatic hydroxyl groups excluding tert-OH is 2. The van der Waals surface area contributed by atoms with Crippen molar-refractivity contribution in [1.29, 1.82) is 0 Å². The fourth-order valence-corrected chi connectivity index (χ4v) is 11.8. The summed E-state index contributed by atoms with van der Waals surface area (Å²) in [6.45, 7) is 10.1. The quantitative estimate of drug-likeness (QED) is 0.0371. The summed E-state index contributed by atoms with van der Waals surface area (Å²) in [7, 11) is -4.27. The molecule has 6 atom stereocenters. The number of carbonyl (C=O) groups excluding carboxylic acids is 1. The minimum absolute atomic E-state index is 0.0177. The molecule has 1 amide bonds. The average Bonchev–Trinajstić information content (AvgIpc) is 3.31. The van der Waals surface area contributed by atoms with Crippen LogP contribution in [0.3, 0.4) is 0 Å². The molecule has 2 heterocycles. The maximum atomic E-state index is 15.3. The second kappa shape index (κ2) is 22.4. The molecule has 7 rings (SSSR count). The summed E-state index contributed by atoms with van der Waals surface area (Å²) in [6, 6.07) is 26.6. The summed E-state index contributed by atoms with van der Waals surface area (Å²) in [6.07, 6.45) is 8.87. The number of hydrogen-bond donors (Lipinski definition) is 3. The van der Waals surface area contributed by atoms with Crippen LogP contribution in [0.2, 0.25) is 0 Å². The zero-order valence-corrected chi connectivity index (χ0v) is 39.1. The Hall–Kier alpha value is -5.38. The van der Waals surface area contributed by atoms with E-state index >= 15 is 8.42 Å². The van der Waals surface area contributed by atoms with Gasteiger partial charge in [-0.05, 0) is 117 Å². The molecule has 0 unspecified atom stereocenters. The lowest BCUT2D eigenvalue weighted by atomic mass is 9.55. The fraction of sp³-hybridized carbons (Fsp3) is 0.442. The highest BCUT2D eigenvalue weighted by atomic mass is 32.2. The Morgan fingerprint density at radius 2 is 1.74 bits per heavy atom. The molecule has 1 saturated carbocycles. The number of aromatic nitrogens is 1. The Balaban J connectivity index is 1.44. The molecule has 3 aliphatic rings. The van der Waals surface area contributed by atoms with E-state index in [2.05, 4.69) is 23.0 Å². The van der Waals surface area contributed by atoms with Crippen molar-refractivity contribution in [2.45, 2.75) is 108 Å². The maximum Gasteiger partial charge on any atom is 0.243 e. The van der Waals surface area contributed by atoms with Crippen molar-refractivity contribution in [3.05, 3.63) is 138 Å². The summed E-state index contributed by atoms with van der Waals surface area (Å²) in [5.41, 5.74) is 5.47. The number of allylic oxidation sites excluding steroid dienone is 1. The van der Waals surface area contributed by atoms with Crippen LogP contribution in [0.25, 0.3) is 0 Å². The molecular formula is C52H64N4O9S. The summed E-state index contributed by atoms with van der Waals surface area (Å²) < 4.78 is 53.0. The molecule has 0 spiro atoms. The molecule has 3 N–H and O–H groups in total. The molecule has 1 aromatic heterocycles. The first-order valence-electron chi connectivity index (χ1n) is 23.2. The number of pyridine rings is 1. The monoisotopic (exact) mass is 920 g/mol. The zero-order chi connectivity index (χ0) is 46.7. The lowest BCUT2D eigenvalue weighted by Crippen LogP contribution is -2.70. The first kappa shape index (κ1) is 48.6. The Kier molecular flexibility index (Phi) is 16.5. The number of sulfonamides is 1. The Morgan fingerprint density at radius 3 is 2.44 bits per heavy atom. The number of aliphatic hydroxyl groups is 2. The fourth-order valence-electron chi connectivity index (χ4n) is 10.0. The van der Waals surface area contributed by atoms with Crippen LogP contribution < -0.4 is 14.8 Å². The van der Waals surface area contributed by atoms with Crippen LogP contribution in [0.4, 0.5) is 5.69 Å². The molecule has 66 heavy (non-hydrogen) atoms. The van der Waals surface area contributed by atoms with Gasteiger partial charge >= 0.3 is 0 Å². The van der Waals surface area contributed by atoms with Crippen molar-refractivity contribution in [3.8, 4) is 11.5 Å². The van der Waals surface area contributed by atoms with Gasteiger partial charge in [0.15, 0.2) is 0 Å². The number of nitrogens with zero attached hydrogens (tertiary/aromatic N) is 3. The molecule has 0 saturated heterocycles. The molecule has 0 bridgehead atoms. The SMILES string of the molecule is C=CCO[C@@]12Oc3ccc(OCc4cccc(C)n4)cc3[C@H]3[C@H](CCCCO)[C@@H](CCCCO)C=C(C(=NOCc4ccccc4)C[C@@H]1N(CCC)S(=O)(=O)c1ccc(NC(C)=O)cc1)[C@H]32. The van der Waals surface area contributed by atoms with Gasteiger partial charge in [-0.2, -0.15) is 4.31 Å². The normalized spacial score (nSPS) is 22.7. The topological polar surface area (TPSA) is 169 Å². The van der Waals surface area contributed by atoms with Crippen LogP contribution in [0.1, 0.15) is 93.6 Å². The lowest BCUT2D eigenvalue weighted by Gasteiger charge is -2.59. The van der Waals surface area contributed by atoms with Gasteiger partial charge in [0.25, 0.3) is 0 Å². The smallest absolute Gasteiger partial charge is 0.243 e. The summed E-state index contributed by atoms with van der Waals surface area (Å²) >= 11 is 0. The number of fused-ring (bicyclic) bond motifs is 2. The van der Waals surface area contributed by atoms with Crippen molar-refractivity contribution in [2.24, 2.45) is 22.9 Å². The second-order valence-corrected chi connectivity index (χ2v) is 19.3. The molecule has 352 valence electrons. The van der Waals surface area contributed by atoms with E-state index in [0.29, 0.717) is 42.2 Å². The van der Waals surface area contributed by atoms with E-state index in [4.69, 9.17) is 24.2 Å². The molecule has 13 nitrogen and oxygen atoms in total. The van der Waals surface area contributed by atoms with Crippen molar-refractivity contribution in [1.82, 2.24) is 9.29 Å². The van der Waals surface area contributed by atoms with E-state index < -0.39 is 27.8 Å². The zero-order valence-electron chi connectivity index (χ0n) is 38.3. The number of oxime groups is 1. The highest BCUT2D eigenvalue weighted by molar-refractivity contribution is 7.89. The third-order valence-electron chi connectivity index (χ3n) is 12.8. The largest absolute Gasteiger partial charge is 0.487 e. The summed E-state index contributed by atoms with van der Waals surface area (Å²) in [4.78, 5) is 22.8. The number of anilines is 1. The van der Waals surface area contributed by atoms with Crippen LogP contribution in [0.5, 0.6) is 11.5 Å². The molecule has 0 radical (unpaired) electrons. The Morgan fingerprint density at radius 1 is 0.985 bits per heavy atom. The number of hydrogen-bond acceptors (Lipinski definition) is 11. The standard InChI is InChI=1S/C52H64N4O9S/c1-5-27-56(66(60,61)43-24-21-40(22-25-43)54-37(4)59)49-33-47(55-64-34-38-16-8-7-9-17-38)45-31-39(18-10-12-28-57)44(20-11-13-29-58)50-46-32-42(62-35-41-19-14-15-36(3)53-41)23-26-48(46)65-52(49,51(45)50)63-30-6-2/h6-9,14-17,19,21-26,31-32,39,44,49-51,57-58H,2,5,10-13,18,20,27-30,33-35H2,1,3-4H3,(H,54,59)/t39-,44+,49-,50+,51+,52+/m0/s1. The van der Waals surface area contributed by atoms with Gasteiger partial charge < -0.3 is 34.6 Å². The van der Waals surface area contributed by atoms with E-state index in [1.54, 1.807) is 18.2 Å². The number of nitrogens with one attached hydrogen (secondary N) is 1. The molecule has 14 heteroatoms. The summed E-state index contributed by atoms with van der Waals surface area (Å²) in [5.74, 6) is -1.57. The highest BCUT2D eigenvalue weighted by Gasteiger charge is 2.66. The maximum absolute atomic E-state index is 15.3. The van der Waals surface area contributed by atoms with E-state index in [0.717, 1.165) is 53.8 Å².